The fraction of sp³-hybridized carbons (Fsp3) is 0.857. The maximum Gasteiger partial charge on any atom is 0.307 e. The molecule has 19 heavy (non-hydrogen) atoms. The largest absolute Gasteiger partial charge is 0.460 e. The number of carbonyl (C=O) groups excluding carboxylic acids is 2. The Labute approximate surface area is 116 Å². The van der Waals surface area contributed by atoms with Gasteiger partial charge in [-0.15, -0.1) is 0 Å². The van der Waals surface area contributed by atoms with Gasteiger partial charge in [-0.05, 0) is 34.1 Å². The zero-order chi connectivity index (χ0) is 14.9. The average Bonchev–Trinajstić information content (AvgIpc) is 2.25. The van der Waals surface area contributed by atoms with Crippen LogP contribution in [0.15, 0.2) is 0 Å². The molecule has 5 heteroatoms. The van der Waals surface area contributed by atoms with Gasteiger partial charge in [0.05, 0.1) is 6.42 Å². The maximum atomic E-state index is 11.5. The van der Waals surface area contributed by atoms with Crippen LogP contribution in [-0.4, -0.2) is 36.6 Å². The van der Waals surface area contributed by atoms with Crippen molar-refractivity contribution in [3.05, 3.63) is 0 Å². The lowest BCUT2D eigenvalue weighted by molar-refractivity contribution is -0.154. The molecular formula is C14H28N2O3. The molecule has 1 atom stereocenters. The minimum atomic E-state index is -0.437. The lowest BCUT2D eigenvalue weighted by atomic mass is 10.2. The van der Waals surface area contributed by atoms with Crippen LogP contribution >= 0.6 is 0 Å². The second-order valence-electron chi connectivity index (χ2n) is 5.71. The summed E-state index contributed by atoms with van der Waals surface area (Å²) in [5, 5.41) is 5.95. The van der Waals surface area contributed by atoms with Gasteiger partial charge in [-0.1, -0.05) is 6.92 Å². The summed E-state index contributed by atoms with van der Waals surface area (Å²) in [5.41, 5.74) is -0.437. The summed E-state index contributed by atoms with van der Waals surface area (Å²) in [7, 11) is 0. The summed E-state index contributed by atoms with van der Waals surface area (Å²) < 4.78 is 5.17. The molecule has 112 valence electrons. The van der Waals surface area contributed by atoms with Crippen molar-refractivity contribution in [1.29, 1.82) is 0 Å². The van der Waals surface area contributed by atoms with E-state index in [9.17, 15) is 9.59 Å². The third-order valence-electron chi connectivity index (χ3n) is 2.47. The van der Waals surface area contributed by atoms with E-state index in [1.54, 1.807) is 0 Å². The summed E-state index contributed by atoms with van der Waals surface area (Å²) in [4.78, 5) is 22.9. The fourth-order valence-electron chi connectivity index (χ4n) is 1.36. The van der Waals surface area contributed by atoms with Crippen molar-refractivity contribution in [2.75, 3.05) is 13.1 Å². The van der Waals surface area contributed by atoms with Gasteiger partial charge in [-0.25, -0.2) is 0 Å². The van der Waals surface area contributed by atoms with Crippen LogP contribution in [0.4, 0.5) is 0 Å². The highest BCUT2D eigenvalue weighted by Gasteiger charge is 2.15. The van der Waals surface area contributed by atoms with Crippen LogP contribution in [0.3, 0.4) is 0 Å². The van der Waals surface area contributed by atoms with Crippen molar-refractivity contribution in [2.24, 2.45) is 0 Å². The van der Waals surface area contributed by atoms with Gasteiger partial charge in [-0.3, -0.25) is 9.59 Å². The molecule has 0 aliphatic heterocycles. The molecule has 0 aliphatic rings. The number of nitrogens with one attached hydrogen (secondary N) is 2. The summed E-state index contributed by atoms with van der Waals surface area (Å²) in [6.07, 6.45) is 1.68. The van der Waals surface area contributed by atoms with Crippen LogP contribution in [0.25, 0.3) is 0 Å². The summed E-state index contributed by atoms with van der Waals surface area (Å²) in [6.45, 7) is 10.7. The maximum absolute atomic E-state index is 11.5. The second kappa shape index (κ2) is 8.91. The van der Waals surface area contributed by atoms with Crippen molar-refractivity contribution in [3.63, 3.8) is 0 Å². The van der Waals surface area contributed by atoms with E-state index in [1.807, 2.05) is 34.6 Å². The predicted octanol–water partition coefficient (Wildman–Crippen LogP) is 1.61. The van der Waals surface area contributed by atoms with Crippen molar-refractivity contribution in [2.45, 2.75) is 65.5 Å². The molecule has 0 aromatic heterocycles. The molecular weight excluding hydrogens is 244 g/mol. The van der Waals surface area contributed by atoms with Crippen LogP contribution in [0, 0.1) is 0 Å². The van der Waals surface area contributed by atoms with Crippen LogP contribution in [0.1, 0.15) is 53.9 Å². The molecule has 0 fully saturated rings. The van der Waals surface area contributed by atoms with Crippen LogP contribution in [0.5, 0.6) is 0 Å². The molecule has 2 N–H and O–H groups in total. The van der Waals surface area contributed by atoms with Gasteiger partial charge in [0.2, 0.25) is 5.91 Å². The Hall–Kier alpha value is -1.10. The molecule has 0 saturated carbocycles. The molecule has 0 heterocycles. The van der Waals surface area contributed by atoms with Gasteiger partial charge in [0.25, 0.3) is 0 Å². The minimum absolute atomic E-state index is 0.0409. The molecule has 0 rings (SSSR count). The molecule has 0 spiro atoms. The van der Waals surface area contributed by atoms with Gasteiger partial charge >= 0.3 is 5.97 Å². The van der Waals surface area contributed by atoms with Gasteiger partial charge in [-0.2, -0.15) is 0 Å². The Morgan fingerprint density at radius 1 is 1.16 bits per heavy atom. The smallest absolute Gasteiger partial charge is 0.307 e. The van der Waals surface area contributed by atoms with Crippen molar-refractivity contribution < 1.29 is 14.3 Å². The number of ether oxygens (including phenoxy) is 1. The first kappa shape index (κ1) is 17.9. The van der Waals surface area contributed by atoms with E-state index < -0.39 is 5.60 Å². The molecule has 5 nitrogen and oxygen atoms in total. The molecule has 0 aromatic rings. The number of rotatable bonds is 8. The monoisotopic (exact) mass is 272 g/mol. The number of amides is 1. The Bertz CT molecular complexity index is 285. The zero-order valence-electron chi connectivity index (χ0n) is 12.8. The number of hydrogen-bond donors (Lipinski definition) is 2. The Kier molecular flexibility index (Phi) is 8.39. The van der Waals surface area contributed by atoms with E-state index in [2.05, 4.69) is 10.6 Å². The quantitative estimate of drug-likeness (QED) is 0.520. The predicted molar refractivity (Wildman–Crippen MR) is 75.8 cm³/mol. The Morgan fingerprint density at radius 3 is 2.26 bits per heavy atom. The first-order valence-corrected chi connectivity index (χ1v) is 6.96. The first-order chi connectivity index (χ1) is 8.74. The van der Waals surface area contributed by atoms with Gasteiger partial charge in [0, 0.05) is 25.6 Å². The normalized spacial score (nSPS) is 12.9. The fourth-order valence-corrected chi connectivity index (χ4v) is 1.36. The van der Waals surface area contributed by atoms with Crippen molar-refractivity contribution in [1.82, 2.24) is 10.6 Å². The molecule has 0 radical (unpaired) electrons. The minimum Gasteiger partial charge on any atom is -0.460 e. The third-order valence-corrected chi connectivity index (χ3v) is 2.47. The van der Waals surface area contributed by atoms with Crippen LogP contribution in [0.2, 0.25) is 0 Å². The SMILES string of the molecule is CCC(C)NC(=O)CCNCCC(=O)OC(C)(C)C. The van der Waals surface area contributed by atoms with E-state index in [-0.39, 0.29) is 17.9 Å². The molecule has 1 amide bonds. The highest BCUT2D eigenvalue weighted by atomic mass is 16.6. The second-order valence-corrected chi connectivity index (χ2v) is 5.71. The molecule has 0 aromatic carbocycles. The lowest BCUT2D eigenvalue weighted by Gasteiger charge is -2.19. The Morgan fingerprint density at radius 2 is 1.74 bits per heavy atom. The van der Waals surface area contributed by atoms with E-state index >= 15 is 0 Å². The van der Waals surface area contributed by atoms with Gasteiger partial charge in [0.15, 0.2) is 0 Å². The number of hydrogen-bond acceptors (Lipinski definition) is 4. The van der Waals surface area contributed by atoms with Crippen LogP contribution in [-0.2, 0) is 14.3 Å². The van der Waals surface area contributed by atoms with Crippen LogP contribution < -0.4 is 10.6 Å². The number of esters is 1. The lowest BCUT2D eigenvalue weighted by Crippen LogP contribution is -2.34. The van der Waals surface area contributed by atoms with E-state index in [0.29, 0.717) is 25.9 Å². The first-order valence-electron chi connectivity index (χ1n) is 6.96. The average molecular weight is 272 g/mol. The summed E-state index contributed by atoms with van der Waals surface area (Å²) in [6, 6.07) is 0.217. The summed E-state index contributed by atoms with van der Waals surface area (Å²) in [5.74, 6) is -0.178. The topological polar surface area (TPSA) is 67.4 Å². The van der Waals surface area contributed by atoms with Crippen molar-refractivity contribution in [3.8, 4) is 0 Å². The molecule has 0 aliphatic carbocycles. The van der Waals surface area contributed by atoms with Gasteiger partial charge in [0.1, 0.15) is 5.60 Å². The standard InChI is InChI=1S/C14H28N2O3/c1-6-11(2)16-12(17)7-9-15-10-8-13(18)19-14(3,4)5/h11,15H,6-10H2,1-5H3,(H,16,17). The molecule has 0 saturated heterocycles. The number of carbonyl (C=O) groups is 2. The zero-order valence-corrected chi connectivity index (χ0v) is 12.8. The summed E-state index contributed by atoms with van der Waals surface area (Å²) >= 11 is 0. The molecule has 1 unspecified atom stereocenters. The third kappa shape index (κ3) is 11.7. The van der Waals surface area contributed by atoms with E-state index in [4.69, 9.17) is 4.74 Å². The molecule has 0 bridgehead atoms. The highest BCUT2D eigenvalue weighted by molar-refractivity contribution is 5.76. The van der Waals surface area contributed by atoms with E-state index in [1.165, 1.54) is 0 Å². The van der Waals surface area contributed by atoms with Crippen molar-refractivity contribution >= 4 is 11.9 Å². The van der Waals surface area contributed by atoms with E-state index in [0.717, 1.165) is 6.42 Å². The Balaban J connectivity index is 3.55. The van der Waals surface area contributed by atoms with Gasteiger partial charge < -0.3 is 15.4 Å². The highest BCUT2D eigenvalue weighted by Crippen LogP contribution is 2.07.